The average Bonchev–Trinajstić information content (AvgIpc) is 2.81. The van der Waals surface area contributed by atoms with Gasteiger partial charge in [0.15, 0.2) is 0 Å². The molecule has 0 aromatic carbocycles. The number of carbonyl (C=O) groups excluding carboxylic acids is 2. The summed E-state index contributed by atoms with van der Waals surface area (Å²) in [6, 6.07) is 1.62. The topological polar surface area (TPSA) is 81.4 Å². The molecule has 1 aromatic rings. The van der Waals surface area contributed by atoms with Crippen LogP contribution in [0.3, 0.4) is 0 Å². The van der Waals surface area contributed by atoms with Gasteiger partial charge in [0.25, 0.3) is 0 Å². The molecule has 6 heteroatoms. The molecule has 1 rings (SSSR count). The smallest absolute Gasteiger partial charge is 0.341 e. The van der Waals surface area contributed by atoms with E-state index in [4.69, 9.17) is 10.5 Å². The van der Waals surface area contributed by atoms with Crippen LogP contribution in [-0.2, 0) is 16.0 Å². The summed E-state index contributed by atoms with van der Waals surface area (Å²) in [7, 11) is 0. The third-order valence-corrected chi connectivity index (χ3v) is 4.05. The van der Waals surface area contributed by atoms with E-state index in [0.717, 1.165) is 17.7 Å². The van der Waals surface area contributed by atoms with Crippen molar-refractivity contribution in [2.24, 2.45) is 5.73 Å². The third kappa shape index (κ3) is 4.61. The van der Waals surface area contributed by atoms with Gasteiger partial charge in [0.05, 0.1) is 12.2 Å². The predicted octanol–water partition coefficient (Wildman–Crippen LogP) is 2.55. The third-order valence-electron chi connectivity index (χ3n) is 2.85. The summed E-state index contributed by atoms with van der Waals surface area (Å²) in [5.74, 6) is -0.576. The van der Waals surface area contributed by atoms with E-state index in [2.05, 4.69) is 5.32 Å². The summed E-state index contributed by atoms with van der Waals surface area (Å²) in [5, 5.41) is 3.32. The van der Waals surface area contributed by atoms with Crippen molar-refractivity contribution in [2.45, 2.75) is 46.1 Å². The van der Waals surface area contributed by atoms with E-state index in [-0.39, 0.29) is 18.4 Å². The number of thiophene rings is 1. The maximum atomic E-state index is 11.9. The summed E-state index contributed by atoms with van der Waals surface area (Å²) in [6.07, 6.45) is 1.79. The molecule has 0 aliphatic rings. The van der Waals surface area contributed by atoms with Gasteiger partial charge in [-0.15, -0.1) is 11.3 Å². The molecule has 1 heterocycles. The van der Waals surface area contributed by atoms with E-state index in [0.29, 0.717) is 17.2 Å². The molecule has 3 N–H and O–H groups in total. The predicted molar refractivity (Wildman–Crippen MR) is 81.2 cm³/mol. The maximum absolute atomic E-state index is 11.9. The van der Waals surface area contributed by atoms with Gasteiger partial charge in [-0.1, -0.05) is 13.8 Å². The number of carbonyl (C=O) groups is 2. The highest BCUT2D eigenvalue weighted by atomic mass is 32.1. The van der Waals surface area contributed by atoms with Crippen molar-refractivity contribution in [2.75, 3.05) is 11.9 Å². The van der Waals surface area contributed by atoms with Crippen molar-refractivity contribution in [1.82, 2.24) is 0 Å². The molecular weight excluding hydrogens is 276 g/mol. The molecule has 0 aliphatic heterocycles. The van der Waals surface area contributed by atoms with Crippen molar-refractivity contribution < 1.29 is 14.3 Å². The Morgan fingerprint density at radius 1 is 1.40 bits per heavy atom. The van der Waals surface area contributed by atoms with Gasteiger partial charge in [-0.05, 0) is 25.8 Å². The van der Waals surface area contributed by atoms with E-state index < -0.39 is 5.97 Å². The summed E-state index contributed by atoms with van der Waals surface area (Å²) in [6.45, 7) is 6.00. The lowest BCUT2D eigenvalue weighted by atomic mass is 10.1. The van der Waals surface area contributed by atoms with Crippen LogP contribution in [0.2, 0.25) is 0 Å². The normalized spacial score (nSPS) is 12.0. The first-order valence-electron chi connectivity index (χ1n) is 6.86. The number of anilines is 1. The molecule has 112 valence electrons. The van der Waals surface area contributed by atoms with Gasteiger partial charge in [-0.2, -0.15) is 0 Å². The molecule has 5 nitrogen and oxygen atoms in total. The zero-order valence-corrected chi connectivity index (χ0v) is 13.0. The summed E-state index contributed by atoms with van der Waals surface area (Å²) in [4.78, 5) is 24.8. The lowest BCUT2D eigenvalue weighted by Gasteiger charge is -2.09. The van der Waals surface area contributed by atoms with Crippen LogP contribution in [0.5, 0.6) is 0 Å². The Labute approximate surface area is 123 Å². The van der Waals surface area contributed by atoms with E-state index >= 15 is 0 Å². The molecule has 1 aromatic heterocycles. The highest BCUT2D eigenvalue weighted by Crippen LogP contribution is 2.29. The largest absolute Gasteiger partial charge is 0.462 e. The average molecular weight is 298 g/mol. The van der Waals surface area contributed by atoms with Crippen LogP contribution >= 0.6 is 11.3 Å². The van der Waals surface area contributed by atoms with Crippen molar-refractivity contribution in [3.05, 3.63) is 16.5 Å². The second-order valence-corrected chi connectivity index (χ2v) is 5.59. The minimum absolute atomic E-state index is 0.161. The Bertz CT molecular complexity index is 471. The fourth-order valence-corrected chi connectivity index (χ4v) is 2.63. The van der Waals surface area contributed by atoms with Crippen LogP contribution in [0.4, 0.5) is 5.00 Å². The van der Waals surface area contributed by atoms with Crippen LogP contribution in [0.1, 0.15) is 48.8 Å². The Morgan fingerprint density at radius 2 is 2.10 bits per heavy atom. The van der Waals surface area contributed by atoms with Gasteiger partial charge in [-0.3, -0.25) is 4.79 Å². The van der Waals surface area contributed by atoms with Gasteiger partial charge in [-0.25, -0.2) is 4.79 Å². The zero-order valence-electron chi connectivity index (χ0n) is 12.2. The number of nitrogens with one attached hydrogen (secondary N) is 1. The quantitative estimate of drug-likeness (QED) is 0.758. The molecule has 1 amide bonds. The molecule has 0 aliphatic carbocycles. The highest BCUT2D eigenvalue weighted by molar-refractivity contribution is 7.16. The molecule has 20 heavy (non-hydrogen) atoms. The lowest BCUT2D eigenvalue weighted by Crippen LogP contribution is -2.26. The van der Waals surface area contributed by atoms with E-state index in [1.54, 1.807) is 13.0 Å². The molecular formula is C14H22N2O3S. The highest BCUT2D eigenvalue weighted by Gasteiger charge is 2.19. The number of nitrogens with two attached hydrogens (primary N) is 1. The molecule has 0 saturated carbocycles. The molecule has 0 fully saturated rings. The van der Waals surface area contributed by atoms with Crippen LogP contribution in [0.15, 0.2) is 6.07 Å². The fourth-order valence-electron chi connectivity index (χ4n) is 1.63. The lowest BCUT2D eigenvalue weighted by molar-refractivity contribution is -0.116. The monoisotopic (exact) mass is 298 g/mol. The van der Waals surface area contributed by atoms with Crippen LogP contribution < -0.4 is 11.1 Å². The Morgan fingerprint density at radius 3 is 2.65 bits per heavy atom. The molecule has 0 spiro atoms. The van der Waals surface area contributed by atoms with Gasteiger partial charge in [0.1, 0.15) is 5.00 Å². The Kier molecular flexibility index (Phi) is 6.67. The van der Waals surface area contributed by atoms with Gasteiger partial charge in [0, 0.05) is 17.3 Å². The zero-order chi connectivity index (χ0) is 15.1. The number of rotatable bonds is 7. The van der Waals surface area contributed by atoms with Crippen LogP contribution in [0.25, 0.3) is 0 Å². The first kappa shape index (κ1) is 16.7. The molecule has 0 bridgehead atoms. The standard InChI is InChI=1S/C14H22N2O3S/c1-4-9(15)7-12(17)16-13-11(14(18)19-6-3)8-10(5-2)20-13/h8-9H,4-7,15H2,1-3H3,(H,16,17). The molecule has 1 unspecified atom stereocenters. The van der Waals surface area contributed by atoms with Crippen molar-refractivity contribution in [3.8, 4) is 0 Å². The number of ether oxygens (including phenoxy) is 1. The van der Waals surface area contributed by atoms with Gasteiger partial charge in [0.2, 0.25) is 5.91 Å². The van der Waals surface area contributed by atoms with Crippen LogP contribution in [-0.4, -0.2) is 24.5 Å². The van der Waals surface area contributed by atoms with Gasteiger partial charge >= 0.3 is 5.97 Å². The minimum Gasteiger partial charge on any atom is -0.462 e. The maximum Gasteiger partial charge on any atom is 0.341 e. The first-order valence-corrected chi connectivity index (χ1v) is 7.68. The number of amides is 1. The number of aryl methyl sites for hydroxylation is 1. The minimum atomic E-state index is -0.404. The van der Waals surface area contributed by atoms with Crippen LogP contribution in [0, 0.1) is 0 Å². The molecule has 0 radical (unpaired) electrons. The number of hydrogen-bond donors (Lipinski definition) is 2. The molecule has 1 atom stereocenters. The summed E-state index contributed by atoms with van der Waals surface area (Å²) >= 11 is 1.40. The summed E-state index contributed by atoms with van der Waals surface area (Å²) < 4.78 is 5.00. The van der Waals surface area contributed by atoms with E-state index in [9.17, 15) is 9.59 Å². The van der Waals surface area contributed by atoms with Crippen molar-refractivity contribution in [3.63, 3.8) is 0 Å². The first-order chi connectivity index (χ1) is 9.51. The fraction of sp³-hybridized carbons (Fsp3) is 0.571. The number of esters is 1. The second-order valence-electron chi connectivity index (χ2n) is 4.45. The summed E-state index contributed by atoms with van der Waals surface area (Å²) in [5.41, 5.74) is 6.18. The Hall–Kier alpha value is -1.40. The van der Waals surface area contributed by atoms with E-state index in [1.807, 2.05) is 13.8 Å². The van der Waals surface area contributed by atoms with Gasteiger partial charge < -0.3 is 15.8 Å². The number of hydrogen-bond acceptors (Lipinski definition) is 5. The Balaban J connectivity index is 2.84. The molecule has 0 saturated heterocycles. The SMILES string of the molecule is CCOC(=O)c1cc(CC)sc1NC(=O)CC(N)CC. The second kappa shape index (κ2) is 8.01. The van der Waals surface area contributed by atoms with Crippen molar-refractivity contribution >= 4 is 28.2 Å². The van der Waals surface area contributed by atoms with Crippen molar-refractivity contribution in [1.29, 1.82) is 0 Å². The van der Waals surface area contributed by atoms with E-state index in [1.165, 1.54) is 11.3 Å².